The number of hydrogen-bond acceptors (Lipinski definition) is 3. The van der Waals surface area contributed by atoms with E-state index in [1.165, 1.54) is 19.3 Å². The topological polar surface area (TPSA) is 73.1 Å². The molecule has 6 heteroatoms. The van der Waals surface area contributed by atoms with Crippen LogP contribution in [-0.2, 0) is 6.42 Å². The maximum absolute atomic E-state index is 12.6. The molecule has 2 amide bonds. The molecule has 0 radical (unpaired) electrons. The van der Waals surface area contributed by atoms with Crippen LogP contribution in [0.4, 0.5) is 4.79 Å². The van der Waals surface area contributed by atoms with Crippen LogP contribution < -0.4 is 10.6 Å². The number of piperidine rings is 2. The molecule has 0 aliphatic carbocycles. The van der Waals surface area contributed by atoms with Crippen LogP contribution in [0.1, 0.15) is 44.0 Å². The van der Waals surface area contributed by atoms with Crippen molar-refractivity contribution in [1.82, 2.24) is 25.7 Å². The van der Waals surface area contributed by atoms with Crippen molar-refractivity contribution in [2.24, 2.45) is 11.8 Å². The van der Waals surface area contributed by atoms with Crippen LogP contribution in [0.15, 0.2) is 6.07 Å². The number of rotatable bonds is 4. The van der Waals surface area contributed by atoms with Crippen LogP contribution in [-0.4, -0.2) is 53.3 Å². The van der Waals surface area contributed by atoms with E-state index in [1.807, 2.05) is 17.9 Å². The Morgan fingerprint density at radius 3 is 2.88 bits per heavy atom. The highest BCUT2D eigenvalue weighted by molar-refractivity contribution is 5.74. The fraction of sp³-hybridized carbons (Fsp3) is 0.778. The predicted octanol–water partition coefficient (Wildman–Crippen LogP) is 2.07. The minimum absolute atomic E-state index is 0.0911. The van der Waals surface area contributed by atoms with E-state index in [-0.39, 0.29) is 12.1 Å². The first-order valence-corrected chi connectivity index (χ1v) is 9.39. The van der Waals surface area contributed by atoms with Gasteiger partial charge in [-0.2, -0.15) is 5.10 Å². The molecule has 0 saturated carbocycles. The normalized spacial score (nSPS) is 23.9. The molecule has 2 fully saturated rings. The Morgan fingerprint density at radius 1 is 1.38 bits per heavy atom. The minimum Gasteiger partial charge on any atom is -0.335 e. The highest BCUT2D eigenvalue weighted by Gasteiger charge is 2.30. The van der Waals surface area contributed by atoms with Gasteiger partial charge >= 0.3 is 6.03 Å². The maximum Gasteiger partial charge on any atom is 0.317 e. The molecule has 2 aliphatic heterocycles. The van der Waals surface area contributed by atoms with Gasteiger partial charge in [-0.15, -0.1) is 0 Å². The number of amides is 2. The molecule has 2 aliphatic rings. The Morgan fingerprint density at radius 2 is 2.17 bits per heavy atom. The van der Waals surface area contributed by atoms with Crippen LogP contribution in [0.25, 0.3) is 0 Å². The van der Waals surface area contributed by atoms with Crippen molar-refractivity contribution in [3.63, 3.8) is 0 Å². The second-order valence-electron chi connectivity index (χ2n) is 7.53. The van der Waals surface area contributed by atoms with E-state index in [1.54, 1.807) is 0 Å². The molecule has 2 unspecified atom stereocenters. The van der Waals surface area contributed by atoms with Crippen molar-refractivity contribution in [3.05, 3.63) is 17.5 Å². The number of aromatic nitrogens is 2. The number of hydrogen-bond donors (Lipinski definition) is 3. The number of nitrogens with one attached hydrogen (secondary N) is 3. The van der Waals surface area contributed by atoms with Crippen molar-refractivity contribution in [1.29, 1.82) is 0 Å². The molecule has 3 heterocycles. The predicted molar refractivity (Wildman–Crippen MR) is 94.9 cm³/mol. The number of aryl methyl sites for hydroxylation is 1. The van der Waals surface area contributed by atoms with E-state index < -0.39 is 0 Å². The highest BCUT2D eigenvalue weighted by atomic mass is 16.2. The van der Waals surface area contributed by atoms with Gasteiger partial charge in [-0.1, -0.05) is 0 Å². The number of urea groups is 1. The Balaban J connectivity index is 1.48. The lowest BCUT2D eigenvalue weighted by Gasteiger charge is -2.39. The third-order valence-corrected chi connectivity index (χ3v) is 5.44. The SMILES string of the molecule is Cc1cc(CC(C)NC(=O)N2CCCC(C3CCNCC3)C2)n[nH]1. The van der Waals surface area contributed by atoms with Gasteiger partial charge in [0.05, 0.1) is 5.69 Å². The van der Waals surface area contributed by atoms with E-state index in [4.69, 9.17) is 0 Å². The largest absolute Gasteiger partial charge is 0.335 e. The van der Waals surface area contributed by atoms with E-state index in [2.05, 4.69) is 27.8 Å². The summed E-state index contributed by atoms with van der Waals surface area (Å²) in [5.41, 5.74) is 2.07. The van der Waals surface area contributed by atoms with Crippen LogP contribution in [0.5, 0.6) is 0 Å². The third-order valence-electron chi connectivity index (χ3n) is 5.44. The van der Waals surface area contributed by atoms with E-state index in [9.17, 15) is 4.79 Å². The lowest BCUT2D eigenvalue weighted by Crippen LogP contribution is -2.50. The quantitative estimate of drug-likeness (QED) is 0.790. The smallest absolute Gasteiger partial charge is 0.317 e. The molecule has 2 atom stereocenters. The zero-order chi connectivity index (χ0) is 16.9. The van der Waals surface area contributed by atoms with Gasteiger partial charge in [0.1, 0.15) is 0 Å². The zero-order valence-electron chi connectivity index (χ0n) is 15.0. The monoisotopic (exact) mass is 333 g/mol. The van der Waals surface area contributed by atoms with Gasteiger partial charge in [0.2, 0.25) is 0 Å². The lowest BCUT2D eigenvalue weighted by atomic mass is 9.80. The van der Waals surface area contributed by atoms with Gasteiger partial charge in [0.15, 0.2) is 0 Å². The molecular formula is C18H31N5O. The average Bonchev–Trinajstić information content (AvgIpc) is 3.00. The molecule has 1 aromatic rings. The van der Waals surface area contributed by atoms with Crippen molar-refractivity contribution in [3.8, 4) is 0 Å². The number of H-pyrrole nitrogens is 1. The molecule has 3 rings (SSSR count). The number of carbonyl (C=O) groups excluding carboxylic acids is 1. The van der Waals surface area contributed by atoms with Crippen molar-refractivity contribution >= 4 is 6.03 Å². The fourth-order valence-corrected chi connectivity index (χ4v) is 4.14. The molecule has 0 aromatic carbocycles. The van der Waals surface area contributed by atoms with Crippen LogP contribution >= 0.6 is 0 Å². The summed E-state index contributed by atoms with van der Waals surface area (Å²) in [5.74, 6) is 1.46. The summed E-state index contributed by atoms with van der Waals surface area (Å²) in [4.78, 5) is 14.6. The van der Waals surface area contributed by atoms with Gasteiger partial charge in [0.25, 0.3) is 0 Å². The minimum atomic E-state index is 0.0911. The molecule has 1 aromatic heterocycles. The second-order valence-corrected chi connectivity index (χ2v) is 7.53. The van der Waals surface area contributed by atoms with Gasteiger partial charge < -0.3 is 15.5 Å². The Kier molecular flexibility index (Phi) is 5.76. The standard InChI is InChI=1S/C18H31N5O/c1-13(10-17-11-14(2)21-22-17)20-18(24)23-9-3-4-16(12-23)15-5-7-19-8-6-15/h11,13,15-16,19H,3-10,12H2,1-2H3,(H,20,24)(H,21,22). The van der Waals surface area contributed by atoms with Crippen molar-refractivity contribution < 1.29 is 4.79 Å². The van der Waals surface area contributed by atoms with Gasteiger partial charge in [-0.3, -0.25) is 5.10 Å². The average molecular weight is 333 g/mol. The van der Waals surface area contributed by atoms with E-state index in [0.717, 1.165) is 56.3 Å². The number of nitrogens with zero attached hydrogens (tertiary/aromatic N) is 2. The van der Waals surface area contributed by atoms with E-state index in [0.29, 0.717) is 5.92 Å². The second kappa shape index (κ2) is 8.01. The Labute approximate surface area is 144 Å². The first-order valence-electron chi connectivity index (χ1n) is 9.39. The number of aromatic amines is 1. The summed E-state index contributed by atoms with van der Waals surface area (Å²) in [6.45, 7) is 8.12. The van der Waals surface area contributed by atoms with Crippen molar-refractivity contribution in [2.45, 2.75) is 52.0 Å². The summed E-state index contributed by atoms with van der Waals surface area (Å²) in [6.07, 6.45) is 5.69. The molecule has 2 saturated heterocycles. The third kappa shape index (κ3) is 4.50. The first-order chi connectivity index (χ1) is 11.6. The molecule has 24 heavy (non-hydrogen) atoms. The Hall–Kier alpha value is -1.56. The fourth-order valence-electron chi connectivity index (χ4n) is 4.14. The lowest BCUT2D eigenvalue weighted by molar-refractivity contribution is 0.127. The maximum atomic E-state index is 12.6. The summed E-state index contributed by atoms with van der Waals surface area (Å²) < 4.78 is 0. The first kappa shape index (κ1) is 17.3. The summed E-state index contributed by atoms with van der Waals surface area (Å²) in [5, 5.41) is 13.8. The highest BCUT2D eigenvalue weighted by Crippen LogP contribution is 2.29. The van der Waals surface area contributed by atoms with Gasteiger partial charge in [-0.05, 0) is 70.5 Å². The van der Waals surface area contributed by atoms with Crippen LogP contribution in [0.2, 0.25) is 0 Å². The summed E-state index contributed by atoms with van der Waals surface area (Å²) in [6, 6.07) is 2.23. The molecule has 3 N–H and O–H groups in total. The Bertz CT molecular complexity index is 537. The van der Waals surface area contributed by atoms with Crippen molar-refractivity contribution in [2.75, 3.05) is 26.2 Å². The van der Waals surface area contributed by atoms with Crippen LogP contribution in [0, 0.1) is 18.8 Å². The number of likely N-dealkylation sites (tertiary alicyclic amines) is 1. The molecular weight excluding hydrogens is 302 g/mol. The zero-order valence-corrected chi connectivity index (χ0v) is 15.0. The number of carbonyl (C=O) groups is 1. The molecule has 0 bridgehead atoms. The van der Waals surface area contributed by atoms with Gasteiger partial charge in [0, 0.05) is 31.2 Å². The molecule has 0 spiro atoms. The van der Waals surface area contributed by atoms with Gasteiger partial charge in [-0.25, -0.2) is 4.79 Å². The summed E-state index contributed by atoms with van der Waals surface area (Å²) in [7, 11) is 0. The van der Waals surface area contributed by atoms with E-state index >= 15 is 0 Å². The molecule has 6 nitrogen and oxygen atoms in total. The van der Waals surface area contributed by atoms with Crippen LogP contribution in [0.3, 0.4) is 0 Å². The molecule has 134 valence electrons. The summed E-state index contributed by atoms with van der Waals surface area (Å²) >= 11 is 0.